The molecule has 0 N–H and O–H groups in total. The number of amides is 1. The van der Waals surface area contributed by atoms with E-state index in [1.54, 1.807) is 25.1 Å². The lowest BCUT2D eigenvalue weighted by atomic mass is 10.2. The molecule has 0 saturated heterocycles. The van der Waals surface area contributed by atoms with Gasteiger partial charge in [-0.05, 0) is 49.1 Å². The number of aromatic nitrogens is 4. The molecule has 1 amide bonds. The van der Waals surface area contributed by atoms with Gasteiger partial charge >= 0.3 is 6.18 Å². The number of benzene rings is 1. The molecule has 0 aliphatic heterocycles. The lowest BCUT2D eigenvalue weighted by molar-refractivity contribution is -0.166. The van der Waals surface area contributed by atoms with E-state index in [9.17, 15) is 18.0 Å². The van der Waals surface area contributed by atoms with Gasteiger partial charge in [0.1, 0.15) is 13.1 Å². The smallest absolute Gasteiger partial charge is 0.406 e. The molecule has 158 valence electrons. The lowest BCUT2D eigenvalue weighted by Gasteiger charge is -2.30. The van der Waals surface area contributed by atoms with Gasteiger partial charge in [0, 0.05) is 11.6 Å². The fourth-order valence-corrected chi connectivity index (χ4v) is 3.10. The zero-order chi connectivity index (χ0) is 21.2. The first kappa shape index (κ1) is 20.9. The van der Waals surface area contributed by atoms with Gasteiger partial charge in [0.05, 0.1) is 14.2 Å². The van der Waals surface area contributed by atoms with Gasteiger partial charge in [-0.15, -0.1) is 10.2 Å². The molecule has 1 heterocycles. The van der Waals surface area contributed by atoms with E-state index in [4.69, 9.17) is 9.47 Å². The fraction of sp³-hybridized carbons (Fsp3) is 0.556. The molecule has 0 unspecified atom stereocenters. The Labute approximate surface area is 165 Å². The van der Waals surface area contributed by atoms with Crippen molar-refractivity contribution in [2.24, 2.45) is 5.92 Å². The average Bonchev–Trinajstić information content (AvgIpc) is 3.43. The van der Waals surface area contributed by atoms with Crippen LogP contribution in [0.5, 0.6) is 11.5 Å². The van der Waals surface area contributed by atoms with Crippen molar-refractivity contribution in [3.63, 3.8) is 0 Å². The third kappa shape index (κ3) is 5.15. The van der Waals surface area contributed by atoms with Crippen LogP contribution < -0.4 is 9.47 Å². The third-order valence-corrected chi connectivity index (χ3v) is 4.84. The van der Waals surface area contributed by atoms with E-state index >= 15 is 0 Å². The third-order valence-electron chi connectivity index (χ3n) is 4.84. The second kappa shape index (κ2) is 8.26. The number of methoxy groups -OCH3 is 2. The zero-order valence-electron chi connectivity index (χ0n) is 16.3. The maximum atomic E-state index is 12.9. The summed E-state index contributed by atoms with van der Waals surface area (Å²) in [6.45, 7) is -0.0701. The van der Waals surface area contributed by atoms with Crippen molar-refractivity contribution >= 4 is 5.91 Å². The first-order valence-electron chi connectivity index (χ1n) is 9.08. The molecule has 1 aromatic carbocycles. The highest BCUT2D eigenvalue weighted by Gasteiger charge is 2.40. The van der Waals surface area contributed by atoms with E-state index in [0.717, 1.165) is 22.5 Å². The van der Waals surface area contributed by atoms with Crippen molar-refractivity contribution in [1.82, 2.24) is 25.1 Å². The highest BCUT2D eigenvalue weighted by Crippen LogP contribution is 2.36. The quantitative estimate of drug-likeness (QED) is 0.662. The minimum absolute atomic E-state index is 0.104. The van der Waals surface area contributed by atoms with Crippen LogP contribution in [0.4, 0.5) is 13.2 Å². The Morgan fingerprint density at radius 1 is 1.28 bits per heavy atom. The van der Waals surface area contributed by atoms with Gasteiger partial charge < -0.3 is 14.4 Å². The number of halogens is 3. The molecular formula is C18H22F3N5O3. The molecule has 1 aliphatic rings. The van der Waals surface area contributed by atoms with Crippen LogP contribution in [0.2, 0.25) is 0 Å². The molecule has 11 heteroatoms. The average molecular weight is 413 g/mol. The second-order valence-electron chi connectivity index (χ2n) is 6.93. The van der Waals surface area contributed by atoms with Crippen molar-refractivity contribution in [1.29, 1.82) is 0 Å². The van der Waals surface area contributed by atoms with Crippen molar-refractivity contribution in [2.75, 3.05) is 20.8 Å². The molecule has 2 aromatic rings. The van der Waals surface area contributed by atoms with Crippen molar-refractivity contribution in [3.8, 4) is 22.9 Å². The summed E-state index contributed by atoms with van der Waals surface area (Å²) in [5, 5.41) is 11.8. The van der Waals surface area contributed by atoms with Crippen LogP contribution in [0.15, 0.2) is 18.2 Å². The predicted molar refractivity (Wildman–Crippen MR) is 96.3 cm³/mol. The van der Waals surface area contributed by atoms with E-state index in [2.05, 4.69) is 15.4 Å². The summed E-state index contributed by atoms with van der Waals surface area (Å²) in [5.74, 6) is 0.615. The molecule has 8 nitrogen and oxygen atoms in total. The summed E-state index contributed by atoms with van der Waals surface area (Å²) in [5.41, 5.74) is 0.569. The number of tetrazole rings is 1. The summed E-state index contributed by atoms with van der Waals surface area (Å²) in [6.07, 6.45) is -2.82. The largest absolute Gasteiger partial charge is 0.493 e. The minimum Gasteiger partial charge on any atom is -0.493 e. The topological polar surface area (TPSA) is 82.4 Å². The molecule has 29 heavy (non-hydrogen) atoms. The fourth-order valence-electron chi connectivity index (χ4n) is 3.10. The summed E-state index contributed by atoms with van der Waals surface area (Å²) in [6, 6.07) is 4.52. The van der Waals surface area contributed by atoms with Crippen molar-refractivity contribution < 1.29 is 27.4 Å². The Morgan fingerprint density at radius 2 is 1.97 bits per heavy atom. The van der Waals surface area contributed by atoms with Gasteiger partial charge in [0.2, 0.25) is 11.7 Å². The second-order valence-corrected chi connectivity index (χ2v) is 6.93. The number of carbonyl (C=O) groups is 1. The molecule has 1 aromatic heterocycles. The number of hydrogen-bond donors (Lipinski definition) is 0. The Morgan fingerprint density at radius 3 is 2.55 bits per heavy atom. The molecule has 1 saturated carbocycles. The zero-order valence-corrected chi connectivity index (χ0v) is 16.3. The van der Waals surface area contributed by atoms with Gasteiger partial charge in [-0.25, -0.2) is 0 Å². The highest BCUT2D eigenvalue weighted by molar-refractivity contribution is 5.76. The first-order valence-corrected chi connectivity index (χ1v) is 9.08. The number of alkyl halides is 3. The molecule has 0 radical (unpaired) electrons. The standard InChI is InChI=1S/C18H22F3N5O3/c1-11(12-4-5-12)25(10-18(19,20)21)16(27)9-26-23-17(22-24-26)13-6-7-14(28-2)15(8-13)29-3/h6-8,11-12H,4-5,9-10H2,1-3H3/t11-/m1/s1. The van der Waals surface area contributed by atoms with E-state index < -0.39 is 31.2 Å². The maximum Gasteiger partial charge on any atom is 0.406 e. The molecule has 1 atom stereocenters. The van der Waals surface area contributed by atoms with Crippen molar-refractivity contribution in [3.05, 3.63) is 18.2 Å². The number of ether oxygens (including phenoxy) is 2. The van der Waals surface area contributed by atoms with Crippen LogP contribution in [0.3, 0.4) is 0 Å². The monoisotopic (exact) mass is 413 g/mol. The van der Waals surface area contributed by atoms with Crippen LogP contribution in [0.25, 0.3) is 11.4 Å². The van der Waals surface area contributed by atoms with E-state index in [-0.39, 0.29) is 11.7 Å². The Bertz CT molecular complexity index is 867. The Balaban J connectivity index is 1.75. The van der Waals surface area contributed by atoms with Crippen LogP contribution in [-0.2, 0) is 11.3 Å². The molecular weight excluding hydrogens is 391 g/mol. The number of hydrogen-bond acceptors (Lipinski definition) is 6. The minimum atomic E-state index is -4.47. The van der Waals surface area contributed by atoms with Gasteiger partial charge in [0.25, 0.3) is 0 Å². The number of rotatable bonds is 8. The van der Waals surface area contributed by atoms with E-state index in [0.29, 0.717) is 17.1 Å². The molecule has 0 spiro atoms. The Kier molecular flexibility index (Phi) is 5.94. The predicted octanol–water partition coefficient (Wildman–Crippen LogP) is 2.55. The van der Waals surface area contributed by atoms with E-state index in [1.165, 1.54) is 14.2 Å². The summed E-state index contributed by atoms with van der Waals surface area (Å²) in [7, 11) is 2.99. The number of nitrogens with zero attached hydrogens (tertiary/aromatic N) is 5. The van der Waals surface area contributed by atoms with Gasteiger partial charge in [-0.3, -0.25) is 4.79 Å². The van der Waals surface area contributed by atoms with Gasteiger partial charge in [-0.1, -0.05) is 0 Å². The summed E-state index contributed by atoms with van der Waals surface area (Å²) in [4.78, 5) is 14.4. The number of carbonyl (C=O) groups excluding carboxylic acids is 1. The van der Waals surface area contributed by atoms with Crippen LogP contribution >= 0.6 is 0 Å². The Hall–Kier alpha value is -2.85. The first-order chi connectivity index (χ1) is 13.7. The molecule has 1 fully saturated rings. The van der Waals surface area contributed by atoms with Crippen LogP contribution in [0.1, 0.15) is 19.8 Å². The SMILES string of the molecule is COc1ccc(-c2nnn(CC(=O)N(CC(F)(F)F)[C@H](C)C3CC3)n2)cc1OC. The van der Waals surface area contributed by atoms with Gasteiger partial charge in [-0.2, -0.15) is 18.0 Å². The normalized spacial score (nSPS) is 15.1. The molecule has 3 rings (SSSR count). The van der Waals surface area contributed by atoms with Crippen molar-refractivity contribution in [2.45, 2.75) is 38.5 Å². The van der Waals surface area contributed by atoms with Crippen LogP contribution in [-0.4, -0.2) is 64.0 Å². The summed E-state index contributed by atoms with van der Waals surface area (Å²) < 4.78 is 49.2. The maximum absolute atomic E-state index is 12.9. The van der Waals surface area contributed by atoms with Crippen LogP contribution in [0, 0.1) is 5.92 Å². The summed E-state index contributed by atoms with van der Waals surface area (Å²) >= 11 is 0. The molecule has 0 bridgehead atoms. The van der Waals surface area contributed by atoms with E-state index in [1.807, 2.05) is 0 Å². The molecule has 1 aliphatic carbocycles. The lowest BCUT2D eigenvalue weighted by Crippen LogP contribution is -2.47. The highest BCUT2D eigenvalue weighted by atomic mass is 19.4. The van der Waals surface area contributed by atoms with Gasteiger partial charge in [0.15, 0.2) is 11.5 Å².